The molecule has 0 unspecified atom stereocenters. The monoisotopic (exact) mass is 430 g/mol. The topological polar surface area (TPSA) is 75.7 Å². The van der Waals surface area contributed by atoms with Crippen LogP contribution in [0.25, 0.3) is 0 Å². The van der Waals surface area contributed by atoms with Gasteiger partial charge < -0.3 is 10.1 Å². The Morgan fingerprint density at radius 2 is 1.72 bits per heavy atom. The summed E-state index contributed by atoms with van der Waals surface area (Å²) in [4.78, 5) is 12.2. The molecule has 0 spiro atoms. The van der Waals surface area contributed by atoms with Gasteiger partial charge >= 0.3 is 6.61 Å². The molecule has 0 aliphatic rings. The van der Waals surface area contributed by atoms with Gasteiger partial charge in [0.1, 0.15) is 11.6 Å². The first-order valence-electron chi connectivity index (χ1n) is 8.80. The van der Waals surface area contributed by atoms with Crippen LogP contribution in [0.4, 0.5) is 13.2 Å². The van der Waals surface area contributed by atoms with Gasteiger partial charge in [-0.3, -0.25) is 4.79 Å². The number of ether oxygens (including phenoxy) is 1. The standard InChI is InChI=1S/C19H21F3N2O4S/c1-3-24(4-2)29(26,27)15-9-10-17(20)16(11-15)18(25)23-12-13-5-7-14(8-6-13)28-19(21)22/h5-11,19H,3-4,12H2,1-2H3,(H,23,25). The van der Waals surface area contributed by atoms with Gasteiger partial charge in [-0.2, -0.15) is 13.1 Å². The van der Waals surface area contributed by atoms with Crippen LogP contribution in [0.15, 0.2) is 47.4 Å². The predicted octanol–water partition coefficient (Wildman–Crippen LogP) is 3.39. The highest BCUT2D eigenvalue weighted by atomic mass is 32.2. The zero-order valence-corrected chi connectivity index (χ0v) is 16.7. The van der Waals surface area contributed by atoms with Crippen LogP contribution in [0.1, 0.15) is 29.8 Å². The third kappa shape index (κ3) is 5.70. The van der Waals surface area contributed by atoms with Crippen LogP contribution in [0, 0.1) is 5.82 Å². The van der Waals surface area contributed by atoms with E-state index in [-0.39, 0.29) is 30.3 Å². The molecule has 0 bridgehead atoms. The van der Waals surface area contributed by atoms with E-state index in [1.54, 1.807) is 13.8 Å². The number of nitrogens with one attached hydrogen (secondary N) is 1. The number of halogens is 3. The Hall–Kier alpha value is -2.59. The van der Waals surface area contributed by atoms with Gasteiger partial charge in [-0.15, -0.1) is 0 Å². The minimum absolute atomic E-state index is 0.0136. The number of carbonyl (C=O) groups excluding carboxylic acids is 1. The third-order valence-corrected chi connectivity index (χ3v) is 6.17. The van der Waals surface area contributed by atoms with E-state index in [1.807, 2.05) is 0 Å². The first-order chi connectivity index (χ1) is 13.7. The molecule has 0 atom stereocenters. The van der Waals surface area contributed by atoms with Crippen LogP contribution in [0.2, 0.25) is 0 Å². The van der Waals surface area contributed by atoms with Crippen LogP contribution in [0.5, 0.6) is 5.75 Å². The summed E-state index contributed by atoms with van der Waals surface area (Å²) in [6.07, 6.45) is 0. The van der Waals surface area contributed by atoms with Crippen LogP contribution >= 0.6 is 0 Å². The highest BCUT2D eigenvalue weighted by molar-refractivity contribution is 7.89. The van der Waals surface area contributed by atoms with Gasteiger partial charge in [0.2, 0.25) is 10.0 Å². The second-order valence-electron chi connectivity index (χ2n) is 5.94. The molecule has 2 rings (SSSR count). The van der Waals surface area contributed by atoms with E-state index in [0.29, 0.717) is 5.56 Å². The molecule has 0 saturated heterocycles. The van der Waals surface area contributed by atoms with E-state index < -0.39 is 33.9 Å². The summed E-state index contributed by atoms with van der Waals surface area (Å²) in [6, 6.07) is 8.60. The average molecular weight is 430 g/mol. The molecule has 6 nitrogen and oxygen atoms in total. The van der Waals surface area contributed by atoms with E-state index in [2.05, 4.69) is 10.1 Å². The molecule has 0 radical (unpaired) electrons. The highest BCUT2D eigenvalue weighted by Gasteiger charge is 2.24. The van der Waals surface area contributed by atoms with Crippen molar-refractivity contribution in [3.8, 4) is 5.75 Å². The zero-order valence-electron chi connectivity index (χ0n) is 15.9. The Labute approximate surface area is 167 Å². The molecule has 0 aliphatic carbocycles. The van der Waals surface area contributed by atoms with E-state index in [0.717, 1.165) is 18.2 Å². The number of sulfonamides is 1. The number of carbonyl (C=O) groups is 1. The maximum Gasteiger partial charge on any atom is 0.387 e. The van der Waals surface area contributed by atoms with Crippen molar-refractivity contribution in [2.24, 2.45) is 0 Å². The van der Waals surface area contributed by atoms with Gasteiger partial charge in [0.05, 0.1) is 10.5 Å². The van der Waals surface area contributed by atoms with Crippen molar-refractivity contribution in [3.63, 3.8) is 0 Å². The Morgan fingerprint density at radius 3 is 2.28 bits per heavy atom. The van der Waals surface area contributed by atoms with Crippen LogP contribution in [-0.4, -0.2) is 38.3 Å². The second-order valence-corrected chi connectivity index (χ2v) is 7.87. The Morgan fingerprint density at radius 1 is 1.10 bits per heavy atom. The van der Waals surface area contributed by atoms with Gasteiger partial charge in [-0.05, 0) is 35.9 Å². The van der Waals surface area contributed by atoms with Crippen molar-refractivity contribution >= 4 is 15.9 Å². The van der Waals surface area contributed by atoms with Gasteiger partial charge in [0.25, 0.3) is 5.91 Å². The summed E-state index contributed by atoms with van der Waals surface area (Å²) >= 11 is 0. The molecule has 0 heterocycles. The van der Waals surface area contributed by atoms with Crippen molar-refractivity contribution in [1.82, 2.24) is 9.62 Å². The maximum absolute atomic E-state index is 14.1. The number of benzene rings is 2. The van der Waals surface area contributed by atoms with Crippen molar-refractivity contribution < 1.29 is 31.1 Å². The first kappa shape index (κ1) is 22.7. The third-order valence-electron chi connectivity index (χ3n) is 4.13. The van der Waals surface area contributed by atoms with E-state index >= 15 is 0 Å². The summed E-state index contributed by atoms with van der Waals surface area (Å²) in [5.41, 5.74) is 0.156. The summed E-state index contributed by atoms with van der Waals surface area (Å²) in [6.45, 7) is 0.876. The Balaban J connectivity index is 2.15. The maximum atomic E-state index is 14.1. The van der Waals surface area contributed by atoms with Gasteiger partial charge in [0, 0.05) is 19.6 Å². The lowest BCUT2D eigenvalue weighted by atomic mass is 10.1. The van der Waals surface area contributed by atoms with Crippen LogP contribution in [0.3, 0.4) is 0 Å². The largest absolute Gasteiger partial charge is 0.435 e. The fraction of sp³-hybridized carbons (Fsp3) is 0.316. The number of alkyl halides is 2. The first-order valence-corrected chi connectivity index (χ1v) is 10.2. The van der Waals surface area contributed by atoms with Crippen LogP contribution < -0.4 is 10.1 Å². The smallest absolute Gasteiger partial charge is 0.387 e. The molecule has 10 heteroatoms. The SMILES string of the molecule is CCN(CC)S(=O)(=O)c1ccc(F)c(C(=O)NCc2ccc(OC(F)F)cc2)c1. The normalized spacial score (nSPS) is 11.7. The lowest BCUT2D eigenvalue weighted by Gasteiger charge is -2.19. The predicted molar refractivity (Wildman–Crippen MR) is 101 cm³/mol. The van der Waals surface area contributed by atoms with Gasteiger partial charge in [-0.1, -0.05) is 26.0 Å². The van der Waals surface area contributed by atoms with Gasteiger partial charge in [0.15, 0.2) is 0 Å². The van der Waals surface area contributed by atoms with Crippen LogP contribution in [-0.2, 0) is 16.6 Å². The van der Waals surface area contributed by atoms with Crippen molar-refractivity contribution in [2.45, 2.75) is 31.9 Å². The molecule has 1 N–H and O–H groups in total. The lowest BCUT2D eigenvalue weighted by molar-refractivity contribution is -0.0498. The molecule has 158 valence electrons. The summed E-state index contributed by atoms with van der Waals surface area (Å²) in [5.74, 6) is -1.69. The molecule has 0 saturated carbocycles. The number of amides is 1. The average Bonchev–Trinajstić information content (AvgIpc) is 2.67. The molecule has 0 aromatic heterocycles. The number of hydrogen-bond acceptors (Lipinski definition) is 4. The zero-order chi connectivity index (χ0) is 21.6. The van der Waals surface area contributed by atoms with E-state index in [9.17, 15) is 26.4 Å². The number of hydrogen-bond donors (Lipinski definition) is 1. The second kappa shape index (κ2) is 9.75. The van der Waals surface area contributed by atoms with E-state index in [4.69, 9.17) is 0 Å². The summed E-state index contributed by atoms with van der Waals surface area (Å²) in [7, 11) is -3.84. The summed E-state index contributed by atoms with van der Waals surface area (Å²) in [5, 5.41) is 2.48. The van der Waals surface area contributed by atoms with E-state index in [1.165, 1.54) is 28.6 Å². The van der Waals surface area contributed by atoms with Crippen molar-refractivity contribution in [3.05, 3.63) is 59.4 Å². The highest BCUT2D eigenvalue weighted by Crippen LogP contribution is 2.20. The number of nitrogens with zero attached hydrogens (tertiary/aromatic N) is 1. The minimum atomic E-state index is -3.84. The quantitative estimate of drug-likeness (QED) is 0.662. The van der Waals surface area contributed by atoms with Gasteiger partial charge in [-0.25, -0.2) is 12.8 Å². The minimum Gasteiger partial charge on any atom is -0.435 e. The molecule has 2 aromatic carbocycles. The summed E-state index contributed by atoms with van der Waals surface area (Å²) < 4.78 is 69.0. The molecular weight excluding hydrogens is 409 g/mol. The molecule has 29 heavy (non-hydrogen) atoms. The van der Waals surface area contributed by atoms with Crippen molar-refractivity contribution in [1.29, 1.82) is 0 Å². The molecule has 2 aromatic rings. The molecule has 0 aliphatic heterocycles. The Bertz CT molecular complexity index is 946. The van der Waals surface area contributed by atoms with Crippen molar-refractivity contribution in [2.75, 3.05) is 13.1 Å². The fourth-order valence-electron chi connectivity index (χ4n) is 2.62. The molecular formula is C19H21F3N2O4S. The molecule has 0 fully saturated rings. The fourth-order valence-corrected chi connectivity index (χ4v) is 4.10. The lowest BCUT2D eigenvalue weighted by Crippen LogP contribution is -2.31. The molecule has 1 amide bonds. The number of rotatable bonds is 9. The Kier molecular flexibility index (Phi) is 7.63.